The van der Waals surface area contributed by atoms with E-state index in [1.807, 2.05) is 42.5 Å². The second kappa shape index (κ2) is 8.31. The van der Waals surface area contributed by atoms with Crippen molar-refractivity contribution in [3.05, 3.63) is 105 Å². The summed E-state index contributed by atoms with van der Waals surface area (Å²) in [6.07, 6.45) is 0. The highest BCUT2D eigenvalue weighted by Gasteiger charge is 2.15. The Bertz CT molecular complexity index is 1380. The van der Waals surface area contributed by atoms with Crippen LogP contribution in [0.4, 0.5) is 0 Å². The van der Waals surface area contributed by atoms with Gasteiger partial charge in [-0.3, -0.25) is 14.2 Å². The zero-order valence-electron chi connectivity index (χ0n) is 15.7. The monoisotopic (exact) mass is 417 g/mol. The number of rotatable bonds is 4. The molecule has 0 spiro atoms. The maximum absolute atomic E-state index is 13.1. The number of hydrogen-bond donors (Lipinski definition) is 1. The minimum absolute atomic E-state index is 0.257. The maximum Gasteiger partial charge on any atom is 0.299 e. The Kier molecular flexibility index (Phi) is 5.41. The smallest absolute Gasteiger partial charge is 0.299 e. The molecule has 0 aliphatic carbocycles. The lowest BCUT2D eigenvalue weighted by Gasteiger charge is -2.08. The molecule has 1 N–H and O–H groups in total. The number of para-hydroxylation sites is 1. The second-order valence-electron chi connectivity index (χ2n) is 6.59. The van der Waals surface area contributed by atoms with Crippen molar-refractivity contribution in [2.75, 3.05) is 0 Å². The summed E-state index contributed by atoms with van der Waals surface area (Å²) in [5.41, 5.74) is 1.03. The van der Waals surface area contributed by atoms with Crippen LogP contribution in [0.5, 0.6) is 0 Å². The van der Waals surface area contributed by atoms with Crippen LogP contribution in [-0.4, -0.2) is 20.5 Å². The molecular formula is C23H16ClN3O3. The number of Topliss-reactive ketones (excluding diaryl/α,β-unsaturated/α-hetero) is 1. The SMILES string of the molecule is O=C(Cn1c(=O)c(=NO)nc(-c2ccccc2)c2ccccc21)c1cccc(Cl)c1. The summed E-state index contributed by atoms with van der Waals surface area (Å²) in [6, 6.07) is 22.9. The molecule has 0 fully saturated rings. The molecule has 0 unspecified atom stereocenters. The van der Waals surface area contributed by atoms with Crippen molar-refractivity contribution >= 4 is 28.3 Å². The number of ketones is 1. The van der Waals surface area contributed by atoms with Gasteiger partial charge < -0.3 is 5.21 Å². The molecule has 30 heavy (non-hydrogen) atoms. The van der Waals surface area contributed by atoms with E-state index in [9.17, 15) is 14.8 Å². The average Bonchev–Trinajstić information content (AvgIpc) is 2.89. The third kappa shape index (κ3) is 3.73. The molecule has 0 amide bonds. The lowest BCUT2D eigenvalue weighted by atomic mass is 10.1. The standard InChI is InChI=1S/C23H16ClN3O3/c24-17-10-6-9-16(13-17)20(28)14-27-19-12-5-4-11-18(19)21(15-7-2-1-3-8-15)25-22(26-30)23(27)29/h1-13,30H,14H2. The predicted octanol–water partition coefficient (Wildman–Crippen LogP) is 3.89. The first-order chi connectivity index (χ1) is 14.6. The van der Waals surface area contributed by atoms with Crippen LogP contribution < -0.4 is 11.0 Å². The van der Waals surface area contributed by atoms with Gasteiger partial charge in [0.05, 0.1) is 17.8 Å². The number of carbonyl (C=O) groups excluding carboxylic acids is 1. The fourth-order valence-corrected chi connectivity index (χ4v) is 3.48. The van der Waals surface area contributed by atoms with E-state index in [4.69, 9.17) is 11.6 Å². The van der Waals surface area contributed by atoms with E-state index in [-0.39, 0.29) is 12.3 Å². The van der Waals surface area contributed by atoms with Crippen molar-refractivity contribution in [2.45, 2.75) is 6.54 Å². The number of aromatic nitrogens is 2. The summed E-state index contributed by atoms with van der Waals surface area (Å²) in [4.78, 5) is 30.3. The number of fused-ring (bicyclic) bond motifs is 1. The van der Waals surface area contributed by atoms with Gasteiger partial charge in [-0.25, -0.2) is 4.98 Å². The fourth-order valence-electron chi connectivity index (χ4n) is 3.29. The van der Waals surface area contributed by atoms with Gasteiger partial charge in [0, 0.05) is 21.5 Å². The third-order valence-electron chi connectivity index (χ3n) is 4.69. The Balaban J connectivity index is 2.00. The highest BCUT2D eigenvalue weighted by Crippen LogP contribution is 2.24. The average molecular weight is 418 g/mol. The largest absolute Gasteiger partial charge is 0.409 e. The molecule has 0 radical (unpaired) electrons. The van der Waals surface area contributed by atoms with Crippen LogP contribution in [0.2, 0.25) is 5.02 Å². The van der Waals surface area contributed by atoms with Crippen LogP contribution in [0.25, 0.3) is 22.2 Å². The van der Waals surface area contributed by atoms with Crippen molar-refractivity contribution in [3.8, 4) is 11.3 Å². The van der Waals surface area contributed by atoms with Gasteiger partial charge in [-0.05, 0) is 18.2 Å². The molecule has 1 aromatic heterocycles. The summed E-state index contributed by atoms with van der Waals surface area (Å²) < 4.78 is 1.27. The topological polar surface area (TPSA) is 84.5 Å². The van der Waals surface area contributed by atoms with Gasteiger partial charge in [0.15, 0.2) is 5.78 Å². The maximum atomic E-state index is 13.1. The molecule has 3 aromatic carbocycles. The van der Waals surface area contributed by atoms with Gasteiger partial charge >= 0.3 is 0 Å². The Labute approximate surface area is 176 Å². The van der Waals surface area contributed by atoms with E-state index in [1.165, 1.54) is 4.57 Å². The molecule has 0 atom stereocenters. The molecule has 4 rings (SSSR count). The Morgan fingerprint density at radius 1 is 1.00 bits per heavy atom. The van der Waals surface area contributed by atoms with Crippen LogP contribution in [0, 0.1) is 0 Å². The second-order valence-corrected chi connectivity index (χ2v) is 7.03. The Morgan fingerprint density at radius 2 is 1.73 bits per heavy atom. The lowest BCUT2D eigenvalue weighted by Crippen LogP contribution is -2.36. The number of halogens is 1. The van der Waals surface area contributed by atoms with E-state index >= 15 is 0 Å². The van der Waals surface area contributed by atoms with Gasteiger partial charge in [-0.2, -0.15) is 0 Å². The summed E-state index contributed by atoms with van der Waals surface area (Å²) in [6.45, 7) is -0.257. The highest BCUT2D eigenvalue weighted by molar-refractivity contribution is 6.31. The zero-order chi connectivity index (χ0) is 21.1. The quantitative estimate of drug-likeness (QED) is 0.310. The minimum atomic E-state index is -0.675. The van der Waals surface area contributed by atoms with Gasteiger partial charge in [0.25, 0.3) is 11.0 Å². The van der Waals surface area contributed by atoms with E-state index in [2.05, 4.69) is 10.1 Å². The van der Waals surface area contributed by atoms with Gasteiger partial charge in [-0.1, -0.05) is 77.4 Å². The van der Waals surface area contributed by atoms with Crippen molar-refractivity contribution < 1.29 is 10.0 Å². The first-order valence-corrected chi connectivity index (χ1v) is 9.52. The molecule has 0 aliphatic heterocycles. The molecule has 7 heteroatoms. The number of hydrogen-bond acceptors (Lipinski definition) is 5. The molecule has 1 heterocycles. The van der Waals surface area contributed by atoms with Crippen LogP contribution in [0.3, 0.4) is 0 Å². The van der Waals surface area contributed by atoms with Crippen molar-refractivity contribution in [3.63, 3.8) is 0 Å². The van der Waals surface area contributed by atoms with E-state index < -0.39 is 11.0 Å². The predicted molar refractivity (Wildman–Crippen MR) is 115 cm³/mol. The molecule has 0 saturated carbocycles. The van der Waals surface area contributed by atoms with Crippen LogP contribution in [0.15, 0.2) is 88.8 Å². The van der Waals surface area contributed by atoms with Gasteiger partial charge in [0.2, 0.25) is 0 Å². The van der Waals surface area contributed by atoms with Crippen molar-refractivity contribution in [1.82, 2.24) is 9.55 Å². The normalized spacial score (nSPS) is 11.6. The van der Waals surface area contributed by atoms with Gasteiger partial charge in [-0.15, -0.1) is 0 Å². The number of carbonyl (C=O) groups is 1. The highest BCUT2D eigenvalue weighted by atomic mass is 35.5. The first-order valence-electron chi connectivity index (χ1n) is 9.14. The molecule has 0 saturated heterocycles. The van der Waals surface area contributed by atoms with E-state index in [0.29, 0.717) is 27.2 Å². The molecule has 4 aromatic rings. The van der Waals surface area contributed by atoms with Crippen LogP contribution in [0.1, 0.15) is 10.4 Å². The third-order valence-corrected chi connectivity index (χ3v) is 4.93. The van der Waals surface area contributed by atoms with Crippen LogP contribution in [-0.2, 0) is 6.54 Å². The van der Waals surface area contributed by atoms with Crippen molar-refractivity contribution in [2.24, 2.45) is 5.16 Å². The summed E-state index contributed by atoms with van der Waals surface area (Å²) in [5, 5.41) is 13.6. The van der Waals surface area contributed by atoms with Crippen LogP contribution >= 0.6 is 11.6 Å². The first kappa shape index (κ1) is 19.5. The molecular weight excluding hydrogens is 402 g/mol. The molecule has 0 aliphatic rings. The Hall–Kier alpha value is -3.77. The van der Waals surface area contributed by atoms with E-state index in [0.717, 1.165) is 5.56 Å². The number of nitrogens with zero attached hydrogens (tertiary/aromatic N) is 3. The van der Waals surface area contributed by atoms with E-state index in [1.54, 1.807) is 36.4 Å². The molecule has 0 bridgehead atoms. The molecule has 148 valence electrons. The summed E-state index contributed by atoms with van der Waals surface area (Å²) >= 11 is 6.00. The Morgan fingerprint density at radius 3 is 2.47 bits per heavy atom. The summed E-state index contributed by atoms with van der Waals surface area (Å²) in [5.74, 6) is -0.305. The fraction of sp³-hybridized carbons (Fsp3) is 0.0435. The minimum Gasteiger partial charge on any atom is -0.409 e. The zero-order valence-corrected chi connectivity index (χ0v) is 16.5. The van der Waals surface area contributed by atoms with Crippen molar-refractivity contribution in [1.29, 1.82) is 0 Å². The molecule has 6 nitrogen and oxygen atoms in total. The summed E-state index contributed by atoms with van der Waals surface area (Å²) in [7, 11) is 0. The van der Waals surface area contributed by atoms with Gasteiger partial charge in [0.1, 0.15) is 0 Å². The number of benzene rings is 3. The lowest BCUT2D eigenvalue weighted by molar-refractivity contribution is 0.0972.